The van der Waals surface area contributed by atoms with Crippen LogP contribution in [0.2, 0.25) is 0 Å². The number of benzene rings is 1. The number of pyridine rings is 1. The van der Waals surface area contributed by atoms with Gasteiger partial charge in [-0.15, -0.1) is 0 Å². The van der Waals surface area contributed by atoms with Gasteiger partial charge in [0.05, 0.1) is 30.6 Å². The lowest BCUT2D eigenvalue weighted by Crippen LogP contribution is -2.60. The standard InChI is InChI=1S/C32H42N6O2/c1-23-16-24(2)38(35-23)29-8-4-6-26(17-29)27(18-30(39)40-3)19-37-21-32(22-37)11-14-36(15-12-32)20-28-10-9-25-7-5-13-33-31(25)34-28/h4,6,8-10,16-17,27H,5,7,11-15,18-22H2,1-3H3,(H,33,34)/t27-/m1/s1. The highest BCUT2D eigenvalue weighted by Gasteiger charge is 2.45. The van der Waals surface area contributed by atoms with E-state index in [0.29, 0.717) is 11.8 Å². The number of carbonyl (C=O) groups is 1. The van der Waals surface area contributed by atoms with Gasteiger partial charge in [-0.05, 0) is 93.4 Å². The van der Waals surface area contributed by atoms with Crippen LogP contribution >= 0.6 is 0 Å². The maximum atomic E-state index is 12.4. The third-order valence-corrected chi connectivity index (χ3v) is 9.09. The number of methoxy groups -OCH3 is 1. The van der Waals surface area contributed by atoms with Crippen LogP contribution in [0.5, 0.6) is 0 Å². The predicted molar refractivity (Wildman–Crippen MR) is 157 cm³/mol. The van der Waals surface area contributed by atoms with Gasteiger partial charge >= 0.3 is 5.97 Å². The van der Waals surface area contributed by atoms with Gasteiger partial charge in [-0.1, -0.05) is 18.2 Å². The molecule has 212 valence electrons. The lowest BCUT2D eigenvalue weighted by Gasteiger charge is -2.55. The third kappa shape index (κ3) is 5.79. The van der Waals surface area contributed by atoms with E-state index in [1.165, 1.54) is 43.2 Å². The molecule has 40 heavy (non-hydrogen) atoms. The van der Waals surface area contributed by atoms with Gasteiger partial charge in [-0.2, -0.15) is 5.10 Å². The zero-order chi connectivity index (χ0) is 27.7. The minimum absolute atomic E-state index is 0.0884. The maximum Gasteiger partial charge on any atom is 0.306 e. The van der Waals surface area contributed by atoms with E-state index in [-0.39, 0.29) is 11.9 Å². The fourth-order valence-corrected chi connectivity index (χ4v) is 6.90. The highest BCUT2D eigenvalue weighted by atomic mass is 16.5. The summed E-state index contributed by atoms with van der Waals surface area (Å²) in [5.74, 6) is 1.02. The number of likely N-dealkylation sites (tertiary alicyclic amines) is 2. The summed E-state index contributed by atoms with van der Waals surface area (Å²) in [7, 11) is 1.48. The number of fused-ring (bicyclic) bond motifs is 1. The van der Waals surface area contributed by atoms with E-state index < -0.39 is 0 Å². The van der Waals surface area contributed by atoms with Gasteiger partial charge in [-0.25, -0.2) is 9.67 Å². The number of esters is 1. The van der Waals surface area contributed by atoms with Crippen molar-refractivity contribution < 1.29 is 9.53 Å². The molecule has 0 amide bonds. The van der Waals surface area contributed by atoms with Crippen LogP contribution in [0.4, 0.5) is 5.82 Å². The van der Waals surface area contributed by atoms with Gasteiger partial charge in [0.15, 0.2) is 0 Å². The molecule has 0 unspecified atom stereocenters. The maximum absolute atomic E-state index is 12.4. The first kappa shape index (κ1) is 27.0. The SMILES string of the molecule is COC(=O)C[C@H](CN1CC2(CCN(Cc3ccc4c(n3)NCCC4)CC2)C1)c1cccc(-n2nc(C)cc2C)c1. The van der Waals surface area contributed by atoms with Gasteiger partial charge < -0.3 is 15.0 Å². The van der Waals surface area contributed by atoms with Gasteiger partial charge in [0, 0.05) is 44.3 Å². The largest absolute Gasteiger partial charge is 0.469 e. The highest BCUT2D eigenvalue weighted by molar-refractivity contribution is 5.70. The van der Waals surface area contributed by atoms with Crippen LogP contribution in [-0.2, 0) is 22.5 Å². The molecule has 1 atom stereocenters. The number of carbonyl (C=O) groups excluding carboxylic acids is 1. The molecule has 2 fully saturated rings. The summed E-state index contributed by atoms with van der Waals surface area (Å²) in [6, 6.07) is 15.0. The summed E-state index contributed by atoms with van der Waals surface area (Å²) in [5, 5.41) is 8.12. The topological polar surface area (TPSA) is 75.5 Å². The van der Waals surface area contributed by atoms with Gasteiger partial charge in [0.25, 0.3) is 0 Å². The summed E-state index contributed by atoms with van der Waals surface area (Å²) in [5.41, 5.74) is 7.24. The van der Waals surface area contributed by atoms with Gasteiger partial charge in [-0.3, -0.25) is 9.69 Å². The zero-order valence-corrected chi connectivity index (χ0v) is 24.2. The Morgan fingerprint density at radius 2 is 1.93 bits per heavy atom. The second-order valence-electron chi connectivity index (χ2n) is 12.2. The van der Waals surface area contributed by atoms with Crippen molar-refractivity contribution in [3.8, 4) is 5.69 Å². The van der Waals surface area contributed by atoms with Gasteiger partial charge in [0.1, 0.15) is 5.82 Å². The Morgan fingerprint density at radius 3 is 2.67 bits per heavy atom. The number of piperidine rings is 1. The number of hydrogen-bond acceptors (Lipinski definition) is 7. The Bertz CT molecular complexity index is 1350. The molecule has 6 rings (SSSR count). The van der Waals surface area contributed by atoms with Crippen LogP contribution in [0.1, 0.15) is 59.8 Å². The minimum Gasteiger partial charge on any atom is -0.469 e. The average Bonchev–Trinajstić information content (AvgIpc) is 3.30. The number of nitrogens with zero attached hydrogens (tertiary/aromatic N) is 5. The van der Waals surface area contributed by atoms with Crippen molar-refractivity contribution in [3.63, 3.8) is 0 Å². The predicted octanol–water partition coefficient (Wildman–Crippen LogP) is 4.49. The van der Waals surface area contributed by atoms with Crippen LogP contribution in [0.15, 0.2) is 42.5 Å². The molecule has 8 nitrogen and oxygen atoms in total. The molecule has 3 aliphatic rings. The van der Waals surface area contributed by atoms with Crippen LogP contribution < -0.4 is 5.32 Å². The number of nitrogens with one attached hydrogen (secondary N) is 1. The van der Waals surface area contributed by atoms with Crippen LogP contribution in [0.3, 0.4) is 0 Å². The number of aryl methyl sites for hydroxylation is 3. The van der Waals surface area contributed by atoms with Crippen molar-refractivity contribution in [1.29, 1.82) is 0 Å². The first-order valence-corrected chi connectivity index (χ1v) is 14.8. The first-order valence-electron chi connectivity index (χ1n) is 14.8. The Kier molecular flexibility index (Phi) is 7.64. The number of hydrogen-bond donors (Lipinski definition) is 1. The summed E-state index contributed by atoms with van der Waals surface area (Å²) in [6.07, 6.45) is 5.16. The normalized spacial score (nSPS) is 19.5. The average molecular weight is 543 g/mol. The molecule has 0 radical (unpaired) electrons. The van der Waals surface area contributed by atoms with E-state index in [2.05, 4.69) is 69.6 Å². The van der Waals surface area contributed by atoms with E-state index in [1.54, 1.807) is 0 Å². The minimum atomic E-state index is -0.156. The second-order valence-corrected chi connectivity index (χ2v) is 12.2. The van der Waals surface area contributed by atoms with E-state index in [4.69, 9.17) is 9.72 Å². The molecule has 2 aromatic heterocycles. The molecule has 5 heterocycles. The van der Waals surface area contributed by atoms with Crippen LogP contribution in [0, 0.1) is 19.3 Å². The van der Waals surface area contributed by atoms with Crippen molar-refractivity contribution >= 4 is 11.8 Å². The van der Waals surface area contributed by atoms with Gasteiger partial charge in [0.2, 0.25) is 0 Å². The lowest BCUT2D eigenvalue weighted by molar-refractivity contribution is -0.141. The number of rotatable bonds is 8. The van der Waals surface area contributed by atoms with Crippen molar-refractivity contribution in [3.05, 3.63) is 70.7 Å². The molecule has 3 aliphatic heterocycles. The van der Waals surface area contributed by atoms with Crippen molar-refractivity contribution in [2.45, 2.75) is 58.4 Å². The van der Waals surface area contributed by atoms with E-state index in [0.717, 1.165) is 75.1 Å². The molecular formula is C32H42N6O2. The van der Waals surface area contributed by atoms with E-state index in [9.17, 15) is 4.79 Å². The summed E-state index contributed by atoms with van der Waals surface area (Å²) >= 11 is 0. The highest BCUT2D eigenvalue weighted by Crippen LogP contribution is 2.42. The smallest absolute Gasteiger partial charge is 0.306 e. The first-order chi connectivity index (χ1) is 19.4. The molecule has 3 aromatic rings. The van der Waals surface area contributed by atoms with Crippen molar-refractivity contribution in [2.24, 2.45) is 5.41 Å². The molecule has 8 heteroatoms. The summed E-state index contributed by atoms with van der Waals surface area (Å²) in [6.45, 7) is 11.4. The number of ether oxygens (including phenoxy) is 1. The van der Waals surface area contributed by atoms with Crippen LogP contribution in [0.25, 0.3) is 5.69 Å². The monoisotopic (exact) mass is 542 g/mol. The third-order valence-electron chi connectivity index (χ3n) is 9.09. The molecule has 1 aromatic carbocycles. The number of anilines is 1. The van der Waals surface area contributed by atoms with E-state index in [1.807, 2.05) is 11.6 Å². The molecule has 0 bridgehead atoms. The molecule has 1 N–H and O–H groups in total. The van der Waals surface area contributed by atoms with Crippen LogP contribution in [-0.4, -0.2) is 76.9 Å². The molecular weight excluding hydrogens is 500 g/mol. The molecule has 0 saturated carbocycles. The Labute approximate surface area is 237 Å². The van der Waals surface area contributed by atoms with Crippen molar-refractivity contribution in [1.82, 2.24) is 24.6 Å². The summed E-state index contributed by atoms with van der Waals surface area (Å²) < 4.78 is 7.07. The fraction of sp³-hybridized carbons (Fsp3) is 0.531. The molecule has 2 saturated heterocycles. The second kappa shape index (κ2) is 11.3. The van der Waals surface area contributed by atoms with Crippen molar-refractivity contribution in [2.75, 3.05) is 51.7 Å². The lowest BCUT2D eigenvalue weighted by atomic mass is 9.71. The quantitative estimate of drug-likeness (QED) is 0.421. The molecule has 0 aliphatic carbocycles. The fourth-order valence-electron chi connectivity index (χ4n) is 6.90. The molecule has 1 spiro atoms. The number of aromatic nitrogens is 3. The Morgan fingerprint density at radius 1 is 1.10 bits per heavy atom. The summed E-state index contributed by atoms with van der Waals surface area (Å²) in [4.78, 5) is 22.4. The Balaban J connectivity index is 1.06. The Hall–Kier alpha value is -3.23. The zero-order valence-electron chi connectivity index (χ0n) is 24.2. The van der Waals surface area contributed by atoms with E-state index >= 15 is 0 Å².